The minimum Gasteiger partial charge on any atom is -0.348 e. The molecule has 1 amide bonds. The van der Waals surface area contributed by atoms with Crippen LogP contribution in [0.1, 0.15) is 35.2 Å². The molecule has 0 aliphatic carbocycles. The maximum absolute atomic E-state index is 12.6. The average Bonchev–Trinajstić information content (AvgIpc) is 2.56. The van der Waals surface area contributed by atoms with Crippen LogP contribution in [-0.2, 0) is 14.8 Å². The van der Waals surface area contributed by atoms with Crippen molar-refractivity contribution in [2.75, 3.05) is 17.1 Å². The number of aryl methyl sites for hydroxylation is 3. The summed E-state index contributed by atoms with van der Waals surface area (Å²) in [5, 5.41) is 2.91. The summed E-state index contributed by atoms with van der Waals surface area (Å²) in [4.78, 5) is 12.6. The van der Waals surface area contributed by atoms with Crippen molar-refractivity contribution in [1.29, 1.82) is 0 Å². The molecule has 0 spiro atoms. The van der Waals surface area contributed by atoms with Crippen molar-refractivity contribution in [2.45, 2.75) is 33.7 Å². The third-order valence-corrected chi connectivity index (χ3v) is 6.20. The van der Waals surface area contributed by atoms with Gasteiger partial charge in [-0.3, -0.25) is 9.10 Å². The zero-order valence-corrected chi connectivity index (χ0v) is 18.6. The fourth-order valence-corrected chi connectivity index (χ4v) is 4.07. The fourth-order valence-electron chi connectivity index (χ4n) is 2.95. The molecule has 27 heavy (non-hydrogen) atoms. The summed E-state index contributed by atoms with van der Waals surface area (Å²) < 4.78 is 26.3. The van der Waals surface area contributed by atoms with Crippen LogP contribution in [0.15, 0.2) is 40.9 Å². The molecule has 0 aliphatic heterocycles. The number of halogens is 1. The Kier molecular flexibility index (Phi) is 6.70. The average molecular weight is 453 g/mol. The first-order valence-corrected chi connectivity index (χ1v) is 11.2. The summed E-state index contributed by atoms with van der Waals surface area (Å²) in [6.45, 7) is 7.73. The van der Waals surface area contributed by atoms with E-state index >= 15 is 0 Å². The first-order valence-electron chi connectivity index (χ1n) is 8.59. The van der Waals surface area contributed by atoms with Gasteiger partial charge >= 0.3 is 0 Å². The second-order valence-electron chi connectivity index (χ2n) is 6.83. The standard InChI is InChI=1S/C20H25BrN2O3S/c1-13-10-15(3)19(11-14(13)2)16(4)22-20(24)12-23(27(5,25)26)18-8-6-17(21)7-9-18/h6-11,16H,12H2,1-5H3,(H,22,24)/t16-/m0/s1. The molecular weight excluding hydrogens is 428 g/mol. The highest BCUT2D eigenvalue weighted by Crippen LogP contribution is 2.23. The lowest BCUT2D eigenvalue weighted by molar-refractivity contribution is -0.120. The molecule has 2 rings (SSSR count). The van der Waals surface area contributed by atoms with Crippen LogP contribution in [-0.4, -0.2) is 27.1 Å². The molecule has 0 unspecified atom stereocenters. The van der Waals surface area contributed by atoms with Crippen LogP contribution in [0.3, 0.4) is 0 Å². The number of amides is 1. The normalized spacial score (nSPS) is 12.5. The number of anilines is 1. The van der Waals surface area contributed by atoms with E-state index in [1.54, 1.807) is 24.3 Å². The molecule has 0 saturated heterocycles. The zero-order chi connectivity index (χ0) is 20.4. The van der Waals surface area contributed by atoms with Gasteiger partial charge in [-0.2, -0.15) is 0 Å². The Bertz CT molecular complexity index is 940. The van der Waals surface area contributed by atoms with Crippen molar-refractivity contribution >= 4 is 37.5 Å². The van der Waals surface area contributed by atoms with Gasteiger partial charge in [-0.1, -0.05) is 28.1 Å². The van der Waals surface area contributed by atoms with Crippen LogP contribution in [0.2, 0.25) is 0 Å². The summed E-state index contributed by atoms with van der Waals surface area (Å²) in [5.41, 5.74) is 4.93. The van der Waals surface area contributed by atoms with Gasteiger partial charge in [0.25, 0.3) is 0 Å². The lowest BCUT2D eigenvalue weighted by Gasteiger charge is -2.24. The van der Waals surface area contributed by atoms with Gasteiger partial charge in [-0.25, -0.2) is 8.42 Å². The molecule has 1 atom stereocenters. The monoisotopic (exact) mass is 452 g/mol. The highest BCUT2D eigenvalue weighted by molar-refractivity contribution is 9.10. The first kappa shape index (κ1) is 21.4. The summed E-state index contributed by atoms with van der Waals surface area (Å²) >= 11 is 3.32. The summed E-state index contributed by atoms with van der Waals surface area (Å²) in [6, 6.07) is 10.8. The second-order valence-corrected chi connectivity index (χ2v) is 9.65. The van der Waals surface area contributed by atoms with Gasteiger partial charge in [0.05, 0.1) is 18.0 Å². The zero-order valence-electron chi connectivity index (χ0n) is 16.2. The Labute approximate surface area is 170 Å². The maximum Gasteiger partial charge on any atom is 0.241 e. The molecule has 0 heterocycles. The largest absolute Gasteiger partial charge is 0.348 e. The van der Waals surface area contributed by atoms with Crippen molar-refractivity contribution < 1.29 is 13.2 Å². The van der Waals surface area contributed by atoms with Gasteiger partial charge < -0.3 is 5.32 Å². The number of benzene rings is 2. The van der Waals surface area contributed by atoms with Gasteiger partial charge in [0, 0.05) is 4.47 Å². The SMILES string of the molecule is Cc1cc(C)c([C@H](C)NC(=O)CN(c2ccc(Br)cc2)S(C)(=O)=O)cc1C. The molecule has 0 aliphatic rings. The highest BCUT2D eigenvalue weighted by Gasteiger charge is 2.22. The molecule has 2 aromatic carbocycles. The lowest BCUT2D eigenvalue weighted by Crippen LogP contribution is -2.41. The number of rotatable bonds is 6. The van der Waals surface area contributed by atoms with E-state index in [0.717, 1.165) is 31.7 Å². The number of nitrogens with zero attached hydrogens (tertiary/aromatic N) is 1. The molecule has 0 radical (unpaired) electrons. The molecule has 0 aromatic heterocycles. The quantitative estimate of drug-likeness (QED) is 0.719. The van der Waals surface area contributed by atoms with Gasteiger partial charge in [-0.05, 0) is 74.2 Å². The van der Waals surface area contributed by atoms with E-state index in [2.05, 4.69) is 40.3 Å². The van der Waals surface area contributed by atoms with Crippen molar-refractivity contribution in [2.24, 2.45) is 0 Å². The molecule has 5 nitrogen and oxygen atoms in total. The van der Waals surface area contributed by atoms with E-state index in [-0.39, 0.29) is 18.5 Å². The lowest BCUT2D eigenvalue weighted by atomic mass is 9.96. The van der Waals surface area contributed by atoms with Gasteiger partial charge in [0.2, 0.25) is 15.9 Å². The van der Waals surface area contributed by atoms with E-state index in [1.165, 1.54) is 5.56 Å². The van der Waals surface area contributed by atoms with Crippen molar-refractivity contribution in [3.8, 4) is 0 Å². The Morgan fingerprint density at radius 2 is 1.63 bits per heavy atom. The molecule has 0 bridgehead atoms. The first-order chi connectivity index (χ1) is 12.5. The Morgan fingerprint density at radius 3 is 2.19 bits per heavy atom. The van der Waals surface area contributed by atoms with E-state index in [0.29, 0.717) is 5.69 Å². The van der Waals surface area contributed by atoms with Gasteiger partial charge in [0.15, 0.2) is 0 Å². The van der Waals surface area contributed by atoms with Crippen molar-refractivity contribution in [3.05, 3.63) is 63.1 Å². The Morgan fingerprint density at radius 1 is 1.07 bits per heavy atom. The Balaban J connectivity index is 2.19. The number of sulfonamides is 1. The smallest absolute Gasteiger partial charge is 0.241 e. The molecule has 7 heteroatoms. The number of carbonyl (C=O) groups excluding carboxylic acids is 1. The van der Waals surface area contributed by atoms with E-state index < -0.39 is 10.0 Å². The van der Waals surface area contributed by atoms with Crippen molar-refractivity contribution in [1.82, 2.24) is 5.32 Å². The molecule has 146 valence electrons. The minimum atomic E-state index is -3.59. The summed E-state index contributed by atoms with van der Waals surface area (Å²) in [5.74, 6) is -0.353. The van der Waals surface area contributed by atoms with Crippen LogP contribution in [0.5, 0.6) is 0 Å². The van der Waals surface area contributed by atoms with E-state index in [1.807, 2.05) is 20.8 Å². The minimum absolute atomic E-state index is 0.219. The predicted molar refractivity (Wildman–Crippen MR) is 114 cm³/mol. The van der Waals surface area contributed by atoms with Gasteiger partial charge in [0.1, 0.15) is 6.54 Å². The van der Waals surface area contributed by atoms with Crippen molar-refractivity contribution in [3.63, 3.8) is 0 Å². The van der Waals surface area contributed by atoms with Crippen LogP contribution in [0.25, 0.3) is 0 Å². The predicted octanol–water partition coefficient (Wildman–Crippen LogP) is 4.02. The highest BCUT2D eigenvalue weighted by atomic mass is 79.9. The molecule has 2 aromatic rings. The molecule has 1 N–H and O–H groups in total. The number of nitrogens with one attached hydrogen (secondary N) is 1. The number of hydrogen-bond donors (Lipinski definition) is 1. The van der Waals surface area contributed by atoms with Gasteiger partial charge in [-0.15, -0.1) is 0 Å². The third kappa shape index (κ3) is 5.56. The molecular formula is C20H25BrN2O3S. The molecule has 0 fully saturated rings. The second kappa shape index (κ2) is 8.44. The maximum atomic E-state index is 12.6. The number of hydrogen-bond acceptors (Lipinski definition) is 3. The van der Waals surface area contributed by atoms with E-state index in [9.17, 15) is 13.2 Å². The van der Waals surface area contributed by atoms with Crippen LogP contribution in [0, 0.1) is 20.8 Å². The van der Waals surface area contributed by atoms with Crippen LogP contribution in [0.4, 0.5) is 5.69 Å². The molecule has 0 saturated carbocycles. The van der Waals surface area contributed by atoms with E-state index in [4.69, 9.17) is 0 Å². The Hall–Kier alpha value is -1.86. The third-order valence-electron chi connectivity index (χ3n) is 4.53. The van der Waals surface area contributed by atoms with Crippen LogP contribution >= 0.6 is 15.9 Å². The summed E-state index contributed by atoms with van der Waals surface area (Å²) in [7, 11) is -3.59. The fraction of sp³-hybridized carbons (Fsp3) is 0.350. The number of carbonyl (C=O) groups is 1. The van der Waals surface area contributed by atoms with Crippen LogP contribution < -0.4 is 9.62 Å². The topological polar surface area (TPSA) is 66.5 Å². The summed E-state index contributed by atoms with van der Waals surface area (Å²) in [6.07, 6.45) is 1.10.